The van der Waals surface area contributed by atoms with Crippen LogP contribution in [0.25, 0.3) is 0 Å². The van der Waals surface area contributed by atoms with E-state index in [9.17, 15) is 27.9 Å². The number of alkyl halides is 3. The highest BCUT2D eigenvalue weighted by atomic mass is 19.4. The average Bonchev–Trinajstić information content (AvgIpc) is 2.81. The number of hydrogen-bond donors (Lipinski definition) is 2. The number of ether oxygens (including phenoxy) is 3. The van der Waals surface area contributed by atoms with Crippen molar-refractivity contribution in [2.75, 3.05) is 26.8 Å². The minimum absolute atomic E-state index is 0.00247. The second kappa shape index (κ2) is 11.0. The van der Waals surface area contributed by atoms with E-state index >= 15 is 0 Å². The molecular weight excluding hydrogens is 493 g/mol. The van der Waals surface area contributed by atoms with E-state index in [-0.39, 0.29) is 30.2 Å². The molecule has 1 saturated heterocycles. The topological polar surface area (TPSA) is 111 Å². The summed E-state index contributed by atoms with van der Waals surface area (Å²) in [6.45, 7) is 4.32. The van der Waals surface area contributed by atoms with Crippen LogP contribution < -0.4 is 10.5 Å². The van der Waals surface area contributed by atoms with E-state index in [0.717, 1.165) is 24.0 Å². The molecule has 3 rings (SSSR count). The smallest absolute Gasteiger partial charge is 0.491 e. The third-order valence-corrected chi connectivity index (χ3v) is 6.31. The number of halogens is 3. The monoisotopic (exact) mass is 524 g/mol. The van der Waals surface area contributed by atoms with Crippen molar-refractivity contribution >= 4 is 11.9 Å². The van der Waals surface area contributed by atoms with Gasteiger partial charge in [-0.3, -0.25) is 10.5 Å². The van der Waals surface area contributed by atoms with E-state index in [2.05, 4.69) is 4.74 Å². The molecule has 1 aliphatic heterocycles. The van der Waals surface area contributed by atoms with Crippen LogP contribution in [0.15, 0.2) is 42.5 Å². The largest absolute Gasteiger partial charge is 0.508 e. The molecule has 0 bridgehead atoms. The van der Waals surface area contributed by atoms with Crippen LogP contribution in [0, 0.1) is 6.92 Å². The summed E-state index contributed by atoms with van der Waals surface area (Å²) in [5.74, 6) is -3.76. The van der Waals surface area contributed by atoms with E-state index < -0.39 is 35.8 Å². The summed E-state index contributed by atoms with van der Waals surface area (Å²) >= 11 is 0. The second-order valence-corrected chi connectivity index (χ2v) is 9.12. The van der Waals surface area contributed by atoms with Gasteiger partial charge < -0.3 is 24.2 Å². The lowest BCUT2D eigenvalue weighted by Gasteiger charge is -2.52. The number of rotatable bonds is 10. The number of aryl methyl sites for hydroxylation is 1. The van der Waals surface area contributed by atoms with Crippen molar-refractivity contribution < 1.29 is 42.1 Å². The number of hydrogen-bond acceptors (Lipinski definition) is 7. The number of benzene rings is 2. The zero-order chi connectivity index (χ0) is 27.4. The van der Waals surface area contributed by atoms with Gasteiger partial charge in [-0.1, -0.05) is 43.7 Å². The molecule has 37 heavy (non-hydrogen) atoms. The number of amides is 1. The fraction of sp³-hybridized carbons (Fsp3) is 0.462. The highest BCUT2D eigenvalue weighted by molar-refractivity contribution is 5.89. The van der Waals surface area contributed by atoms with E-state index in [1.165, 1.54) is 30.2 Å². The van der Waals surface area contributed by atoms with Crippen LogP contribution in [0.2, 0.25) is 0 Å². The van der Waals surface area contributed by atoms with Gasteiger partial charge in [-0.25, -0.2) is 4.79 Å². The molecule has 1 amide bonds. The molecular formula is C26H31F3N2O6. The molecule has 1 unspecified atom stereocenters. The summed E-state index contributed by atoms with van der Waals surface area (Å²) in [5.41, 5.74) is 4.23. The van der Waals surface area contributed by atoms with Crippen LogP contribution >= 0.6 is 0 Å². The van der Waals surface area contributed by atoms with Crippen molar-refractivity contribution in [3.63, 3.8) is 0 Å². The number of likely N-dealkylation sites (tertiary alicyclic amines) is 1. The highest BCUT2D eigenvalue weighted by Gasteiger charge is 2.55. The number of unbranched alkanes of at least 4 members (excludes halogenated alkanes) is 1. The van der Waals surface area contributed by atoms with Crippen LogP contribution in [-0.2, 0) is 31.1 Å². The Bertz CT molecular complexity index is 1130. The van der Waals surface area contributed by atoms with Crippen LogP contribution in [-0.4, -0.2) is 60.6 Å². The maximum Gasteiger partial charge on any atom is 0.491 e. The first kappa shape index (κ1) is 28.3. The van der Waals surface area contributed by atoms with Gasteiger partial charge >= 0.3 is 12.1 Å². The Balaban J connectivity index is 1.90. The quantitative estimate of drug-likeness (QED) is 0.278. The molecule has 0 aliphatic carbocycles. The number of nitrogens with zero attached hydrogens (tertiary/aromatic N) is 1. The van der Waals surface area contributed by atoms with Crippen LogP contribution in [0.5, 0.6) is 11.5 Å². The molecule has 2 aromatic carbocycles. The van der Waals surface area contributed by atoms with Gasteiger partial charge in [0, 0.05) is 24.7 Å². The number of esters is 1. The number of nitrogens with two attached hydrogens (primary N) is 1. The molecule has 1 fully saturated rings. The summed E-state index contributed by atoms with van der Waals surface area (Å²) in [4.78, 5) is 26.4. The summed E-state index contributed by atoms with van der Waals surface area (Å²) in [6, 6.07) is 11.4. The highest BCUT2D eigenvalue weighted by Crippen LogP contribution is 2.40. The van der Waals surface area contributed by atoms with Gasteiger partial charge in [-0.15, -0.1) is 0 Å². The molecule has 202 valence electrons. The summed E-state index contributed by atoms with van der Waals surface area (Å²) in [5, 5.41) is 10.3. The average molecular weight is 525 g/mol. The Labute approximate surface area is 213 Å². The summed E-state index contributed by atoms with van der Waals surface area (Å²) in [6.07, 6.45) is -4.41. The zero-order valence-corrected chi connectivity index (χ0v) is 20.9. The Kier molecular flexibility index (Phi) is 8.38. The van der Waals surface area contributed by atoms with Gasteiger partial charge in [0.1, 0.15) is 17.1 Å². The predicted molar refractivity (Wildman–Crippen MR) is 128 cm³/mol. The number of aromatic hydroxyl groups is 1. The number of phenolic OH excluding ortho intramolecular Hbond substituents is 1. The van der Waals surface area contributed by atoms with Crippen LogP contribution in [0.4, 0.5) is 13.2 Å². The molecule has 1 aliphatic rings. The minimum atomic E-state index is -5.38. The SMILES string of the molecule is CCCCOC1(c2ccccc2C)CN(C(=O)C(N)(Cc2ccc(OC)cc2O)OC(=O)C(F)(F)F)C1. The lowest BCUT2D eigenvalue weighted by Crippen LogP contribution is -2.70. The fourth-order valence-corrected chi connectivity index (χ4v) is 4.30. The lowest BCUT2D eigenvalue weighted by molar-refractivity contribution is -0.221. The molecule has 8 nitrogen and oxygen atoms in total. The standard InChI is InChI=1S/C26H31F3N2O6/c1-4-5-12-36-24(20-9-7-6-8-17(20)2)15-31(16-24)22(33)25(30,37-23(34)26(27,28)29)14-18-10-11-19(35-3)13-21(18)32/h6-11,13,32H,4-5,12,14-16,30H2,1-3H3. The van der Waals surface area contributed by atoms with E-state index in [1.54, 1.807) is 0 Å². The third-order valence-electron chi connectivity index (χ3n) is 6.31. The van der Waals surface area contributed by atoms with Crippen molar-refractivity contribution in [2.24, 2.45) is 5.73 Å². The van der Waals surface area contributed by atoms with Crippen molar-refractivity contribution in [3.8, 4) is 11.5 Å². The van der Waals surface area contributed by atoms with E-state index in [4.69, 9.17) is 15.2 Å². The third kappa shape index (κ3) is 6.16. The molecule has 0 radical (unpaired) electrons. The van der Waals surface area contributed by atoms with E-state index in [1.807, 2.05) is 38.1 Å². The molecule has 0 saturated carbocycles. The first-order chi connectivity index (χ1) is 17.3. The van der Waals surface area contributed by atoms with Crippen LogP contribution in [0.1, 0.15) is 36.5 Å². The van der Waals surface area contributed by atoms with Crippen molar-refractivity contribution in [1.29, 1.82) is 0 Å². The van der Waals surface area contributed by atoms with Gasteiger partial charge in [0.05, 0.1) is 20.2 Å². The maximum absolute atomic E-state index is 13.5. The molecule has 1 heterocycles. The van der Waals surface area contributed by atoms with Crippen molar-refractivity contribution in [3.05, 3.63) is 59.2 Å². The number of carbonyl (C=O) groups excluding carboxylic acids is 2. The lowest BCUT2D eigenvalue weighted by atomic mass is 9.82. The van der Waals surface area contributed by atoms with Crippen molar-refractivity contribution in [2.45, 2.75) is 50.6 Å². The van der Waals surface area contributed by atoms with Crippen molar-refractivity contribution in [1.82, 2.24) is 4.90 Å². The van der Waals surface area contributed by atoms with Gasteiger partial charge in [-0.2, -0.15) is 13.2 Å². The molecule has 11 heteroatoms. The van der Waals surface area contributed by atoms with Gasteiger partial charge in [0.2, 0.25) is 5.72 Å². The van der Waals surface area contributed by atoms with Crippen LogP contribution in [0.3, 0.4) is 0 Å². The normalized spacial score (nSPS) is 16.5. The Morgan fingerprint density at radius 2 is 1.84 bits per heavy atom. The Morgan fingerprint density at radius 1 is 1.16 bits per heavy atom. The fourth-order valence-electron chi connectivity index (χ4n) is 4.30. The first-order valence-corrected chi connectivity index (χ1v) is 11.8. The molecule has 1 atom stereocenters. The Morgan fingerprint density at radius 3 is 2.41 bits per heavy atom. The Hall–Kier alpha value is -3.31. The van der Waals surface area contributed by atoms with Gasteiger partial charge in [0.25, 0.3) is 5.91 Å². The zero-order valence-electron chi connectivity index (χ0n) is 20.9. The summed E-state index contributed by atoms with van der Waals surface area (Å²) < 4.78 is 55.0. The number of phenols is 1. The minimum Gasteiger partial charge on any atom is -0.508 e. The molecule has 0 aromatic heterocycles. The predicted octanol–water partition coefficient (Wildman–Crippen LogP) is 3.57. The molecule has 0 spiro atoms. The summed E-state index contributed by atoms with van der Waals surface area (Å²) in [7, 11) is 1.36. The van der Waals surface area contributed by atoms with Gasteiger partial charge in [0.15, 0.2) is 0 Å². The number of methoxy groups -OCH3 is 1. The van der Waals surface area contributed by atoms with Gasteiger partial charge in [-0.05, 0) is 30.5 Å². The second-order valence-electron chi connectivity index (χ2n) is 9.12. The maximum atomic E-state index is 13.5. The first-order valence-electron chi connectivity index (χ1n) is 11.8. The number of carbonyl (C=O) groups is 2. The molecule has 3 N–H and O–H groups in total. The van der Waals surface area contributed by atoms with E-state index in [0.29, 0.717) is 6.61 Å². The molecule has 2 aromatic rings.